The number of imidazole rings is 1. The Morgan fingerprint density at radius 2 is 1.79 bits per heavy atom. The topological polar surface area (TPSA) is 115 Å². The molecule has 4 unspecified atom stereocenters. The first-order valence-corrected chi connectivity index (χ1v) is 19.8. The van der Waals surface area contributed by atoms with E-state index in [9.17, 15) is 4.79 Å². The summed E-state index contributed by atoms with van der Waals surface area (Å²) >= 11 is 0. The number of piperidine rings is 1. The van der Waals surface area contributed by atoms with E-state index in [1.165, 1.54) is 60.1 Å². The molecule has 1 aromatic heterocycles. The third-order valence-electron chi connectivity index (χ3n) is 12.6. The molecule has 5 N–H and O–H groups in total. The number of benzene rings is 2. The summed E-state index contributed by atoms with van der Waals surface area (Å²) in [6.45, 7) is 12.7. The number of carbonyl (C=O) groups is 1. The number of hydrogen-bond donors (Lipinski definition) is 4. The molecule has 1 spiro atoms. The lowest BCUT2D eigenvalue weighted by molar-refractivity contribution is -0.132. The van der Waals surface area contributed by atoms with Crippen molar-refractivity contribution in [2.45, 2.75) is 94.9 Å². The molecular weight excluding hydrogens is 657 g/mol. The summed E-state index contributed by atoms with van der Waals surface area (Å²) in [5.41, 5.74) is 18.7. The smallest absolute Gasteiger partial charge is 0.244 e. The number of rotatable bonds is 9. The lowest BCUT2D eigenvalue weighted by atomic mass is 9.71. The fourth-order valence-corrected chi connectivity index (χ4v) is 9.73. The van der Waals surface area contributed by atoms with Gasteiger partial charge in [-0.15, -0.1) is 0 Å². The Balaban J connectivity index is 1.06. The average Bonchev–Trinajstić information content (AvgIpc) is 4.02. The van der Waals surface area contributed by atoms with Gasteiger partial charge in [-0.25, -0.2) is 4.98 Å². The summed E-state index contributed by atoms with van der Waals surface area (Å²) < 4.78 is 0. The molecule has 8 rings (SSSR count). The van der Waals surface area contributed by atoms with Crippen molar-refractivity contribution < 1.29 is 4.79 Å². The number of likely N-dealkylation sites (tertiary alicyclic amines) is 2. The van der Waals surface area contributed by atoms with Crippen LogP contribution < -0.4 is 16.4 Å². The molecule has 1 aliphatic carbocycles. The summed E-state index contributed by atoms with van der Waals surface area (Å²) in [4.78, 5) is 31.7. The van der Waals surface area contributed by atoms with E-state index < -0.39 is 6.04 Å². The molecule has 5 heterocycles. The summed E-state index contributed by atoms with van der Waals surface area (Å²) in [7, 11) is 2.26. The Morgan fingerprint density at radius 3 is 2.53 bits per heavy atom. The molecule has 0 saturated carbocycles. The molecule has 278 valence electrons. The number of nitrogens with zero attached hydrogens (tertiary/aromatic N) is 4. The first-order valence-electron chi connectivity index (χ1n) is 19.8. The zero-order valence-corrected chi connectivity index (χ0v) is 31.8. The summed E-state index contributed by atoms with van der Waals surface area (Å²) in [5, 5.41) is 7.37. The molecule has 1 amide bonds. The SMILES string of the molecule is C=C(C)C=C(C=CC)C(N)C(=O)N1CCCC1c1ncc(-c2ccc(-c3ccc(C4=NC(C5CCCN5)NC4)c4c3C3(CC4)CCN(C)CC3)cc2)[nH]1. The van der Waals surface area contributed by atoms with E-state index in [-0.39, 0.29) is 23.5 Å². The number of allylic oxidation sites excluding steroid dienone is 3. The minimum atomic E-state index is -0.747. The van der Waals surface area contributed by atoms with E-state index in [4.69, 9.17) is 15.7 Å². The van der Waals surface area contributed by atoms with Gasteiger partial charge in [0, 0.05) is 24.7 Å². The maximum absolute atomic E-state index is 13.7. The van der Waals surface area contributed by atoms with Gasteiger partial charge in [0.15, 0.2) is 0 Å². The minimum Gasteiger partial charge on any atom is -0.340 e. The predicted molar refractivity (Wildman–Crippen MR) is 215 cm³/mol. The van der Waals surface area contributed by atoms with Gasteiger partial charge in [-0.3, -0.25) is 15.1 Å². The van der Waals surface area contributed by atoms with Crippen molar-refractivity contribution in [2.75, 3.05) is 39.8 Å². The Kier molecular flexibility index (Phi) is 10.1. The molecular formula is C44H56N8O. The molecule has 9 nitrogen and oxygen atoms in total. The zero-order chi connectivity index (χ0) is 36.7. The van der Waals surface area contributed by atoms with E-state index in [0.717, 1.165) is 73.7 Å². The molecule has 4 atom stereocenters. The van der Waals surface area contributed by atoms with Crippen LogP contribution in [-0.4, -0.2) is 89.4 Å². The van der Waals surface area contributed by atoms with Crippen molar-refractivity contribution in [3.05, 3.63) is 101 Å². The van der Waals surface area contributed by atoms with Crippen LogP contribution in [0.1, 0.15) is 87.3 Å². The largest absolute Gasteiger partial charge is 0.340 e. The second-order valence-electron chi connectivity index (χ2n) is 16.1. The molecule has 53 heavy (non-hydrogen) atoms. The first kappa shape index (κ1) is 35.9. The highest BCUT2D eigenvalue weighted by atomic mass is 16.2. The molecule has 3 saturated heterocycles. The van der Waals surface area contributed by atoms with Gasteiger partial charge in [-0.1, -0.05) is 66.8 Å². The van der Waals surface area contributed by atoms with Crippen molar-refractivity contribution >= 4 is 11.6 Å². The van der Waals surface area contributed by atoms with Crippen LogP contribution in [0.4, 0.5) is 0 Å². The van der Waals surface area contributed by atoms with Crippen LogP contribution in [0.3, 0.4) is 0 Å². The summed E-state index contributed by atoms with van der Waals surface area (Å²) in [5.74, 6) is 0.731. The van der Waals surface area contributed by atoms with E-state index in [1.54, 1.807) is 5.56 Å². The number of hydrogen-bond acceptors (Lipinski definition) is 7. The third kappa shape index (κ3) is 6.89. The molecule has 0 bridgehead atoms. The number of aliphatic imine (C=N–C) groups is 1. The molecule has 2 aromatic carbocycles. The first-order chi connectivity index (χ1) is 25.7. The Morgan fingerprint density at radius 1 is 1.02 bits per heavy atom. The second-order valence-corrected chi connectivity index (χ2v) is 16.1. The number of aromatic amines is 1. The van der Waals surface area contributed by atoms with Crippen LogP contribution in [0.25, 0.3) is 22.4 Å². The second kappa shape index (κ2) is 14.9. The standard InChI is InChI=1S/C44H56N8O/c1-5-8-31(25-28(2)3)40(45)43(53)52-22-7-10-38(52)42-48-26-36(49-42)30-13-11-29(12-14-30)32-15-16-33(37-27-47-41(50-37)35-9-6-21-46-35)34-17-18-44(39(32)34)19-23-51(4)24-20-44/h5,8,11-16,25-26,35,38,40-41,46-47H,2,6-7,9-10,17-24,27,45H2,1,3-4H3,(H,48,49). The molecule has 0 radical (unpaired) electrons. The third-order valence-corrected chi connectivity index (χ3v) is 12.6. The maximum atomic E-state index is 13.7. The van der Waals surface area contributed by atoms with Crippen LogP contribution in [0.15, 0.2) is 83.5 Å². The van der Waals surface area contributed by atoms with E-state index >= 15 is 0 Å². The number of H-pyrrole nitrogens is 1. The van der Waals surface area contributed by atoms with E-state index in [0.29, 0.717) is 12.6 Å². The Labute approximate surface area is 314 Å². The monoisotopic (exact) mass is 712 g/mol. The molecule has 3 fully saturated rings. The normalized spacial score (nSPS) is 25.1. The van der Waals surface area contributed by atoms with Gasteiger partial charge < -0.3 is 25.8 Å². The number of carbonyl (C=O) groups excluding carboxylic acids is 1. The fraction of sp³-hybridized carbons (Fsp3) is 0.477. The highest BCUT2D eigenvalue weighted by molar-refractivity contribution is 6.05. The zero-order valence-electron chi connectivity index (χ0n) is 31.8. The molecule has 5 aliphatic rings. The van der Waals surface area contributed by atoms with Crippen LogP contribution in [0, 0.1) is 0 Å². The van der Waals surface area contributed by atoms with Crippen molar-refractivity contribution in [3.63, 3.8) is 0 Å². The summed E-state index contributed by atoms with van der Waals surface area (Å²) in [6.07, 6.45) is 16.7. The van der Waals surface area contributed by atoms with Crippen molar-refractivity contribution in [3.8, 4) is 22.4 Å². The number of aromatic nitrogens is 2. The van der Waals surface area contributed by atoms with Gasteiger partial charge in [0.1, 0.15) is 18.0 Å². The Hall–Kier alpha value is -4.15. The van der Waals surface area contributed by atoms with Crippen LogP contribution in [-0.2, 0) is 16.6 Å². The lowest BCUT2D eigenvalue weighted by Gasteiger charge is -2.40. The van der Waals surface area contributed by atoms with Crippen LogP contribution in [0.5, 0.6) is 0 Å². The minimum absolute atomic E-state index is 0.0803. The molecule has 9 heteroatoms. The predicted octanol–water partition coefficient (Wildman–Crippen LogP) is 6.19. The molecule has 3 aromatic rings. The number of nitrogens with two attached hydrogens (primary N) is 1. The van der Waals surface area contributed by atoms with Crippen molar-refractivity contribution in [1.82, 2.24) is 30.4 Å². The van der Waals surface area contributed by atoms with Gasteiger partial charge in [0.2, 0.25) is 5.91 Å². The van der Waals surface area contributed by atoms with Gasteiger partial charge in [0.25, 0.3) is 0 Å². The highest BCUT2D eigenvalue weighted by Crippen LogP contribution is 2.51. The lowest BCUT2D eigenvalue weighted by Crippen LogP contribution is -2.44. The van der Waals surface area contributed by atoms with E-state index in [2.05, 4.69) is 70.5 Å². The number of fused-ring (bicyclic) bond motifs is 2. The number of amides is 1. The van der Waals surface area contributed by atoms with E-state index in [1.807, 2.05) is 43.2 Å². The van der Waals surface area contributed by atoms with Crippen LogP contribution in [0.2, 0.25) is 0 Å². The fourth-order valence-electron chi connectivity index (χ4n) is 9.73. The quantitative estimate of drug-likeness (QED) is 0.197. The van der Waals surface area contributed by atoms with Gasteiger partial charge >= 0.3 is 0 Å². The van der Waals surface area contributed by atoms with Crippen molar-refractivity contribution in [2.24, 2.45) is 10.7 Å². The van der Waals surface area contributed by atoms with Gasteiger partial charge in [-0.05, 0) is 131 Å². The van der Waals surface area contributed by atoms with Gasteiger partial charge in [0.05, 0.1) is 23.6 Å². The maximum Gasteiger partial charge on any atom is 0.244 e. The summed E-state index contributed by atoms with van der Waals surface area (Å²) in [6, 6.07) is 13.3. The highest BCUT2D eigenvalue weighted by Gasteiger charge is 2.44. The van der Waals surface area contributed by atoms with Gasteiger partial charge in [-0.2, -0.15) is 0 Å². The van der Waals surface area contributed by atoms with Crippen molar-refractivity contribution in [1.29, 1.82) is 0 Å². The number of nitrogens with one attached hydrogen (secondary N) is 3. The average molecular weight is 713 g/mol. The van der Waals surface area contributed by atoms with Crippen LogP contribution >= 0.6 is 0 Å². The molecule has 4 aliphatic heterocycles. The Bertz CT molecular complexity index is 1940.